The number of benzene rings is 1. The molecule has 126 valence electrons. The molecule has 0 saturated heterocycles. The van der Waals surface area contributed by atoms with Gasteiger partial charge >= 0.3 is 0 Å². The Morgan fingerprint density at radius 2 is 1.74 bits per heavy atom. The minimum Gasteiger partial charge on any atom is -0.263 e. The third-order valence-electron chi connectivity index (χ3n) is 3.62. The molecule has 0 bridgehead atoms. The van der Waals surface area contributed by atoms with Gasteiger partial charge in [0, 0.05) is 12.1 Å². The van der Waals surface area contributed by atoms with Crippen molar-refractivity contribution in [2.24, 2.45) is 0 Å². The highest BCUT2D eigenvalue weighted by Crippen LogP contribution is 2.27. The van der Waals surface area contributed by atoms with Crippen molar-refractivity contribution in [1.29, 1.82) is 0 Å². The third-order valence-corrected chi connectivity index (χ3v) is 5.59. The van der Waals surface area contributed by atoms with Gasteiger partial charge < -0.3 is 0 Å². The molecular weight excluding hydrogens is 312 g/mol. The highest BCUT2D eigenvalue weighted by Gasteiger charge is 2.31. The van der Waals surface area contributed by atoms with E-state index < -0.39 is 10.0 Å². The maximum Gasteiger partial charge on any atom is 0.283 e. The topological polar surface area (TPSA) is 68.1 Å². The fourth-order valence-corrected chi connectivity index (χ4v) is 4.29. The summed E-state index contributed by atoms with van der Waals surface area (Å²) in [7, 11) is -3.73. The smallest absolute Gasteiger partial charge is 0.263 e. The van der Waals surface area contributed by atoms with E-state index in [0.29, 0.717) is 5.69 Å². The predicted octanol–water partition coefficient (Wildman–Crippen LogP) is 3.03. The summed E-state index contributed by atoms with van der Waals surface area (Å²) in [4.78, 5) is 0. The molecule has 2 aromatic rings. The number of aryl methyl sites for hydroxylation is 1. The Bertz CT molecular complexity index is 749. The lowest BCUT2D eigenvalue weighted by Crippen LogP contribution is -2.38. The van der Waals surface area contributed by atoms with Crippen molar-refractivity contribution in [2.75, 3.05) is 4.31 Å². The zero-order valence-corrected chi connectivity index (χ0v) is 15.1. The molecule has 0 N–H and O–H groups in total. The summed E-state index contributed by atoms with van der Waals surface area (Å²) in [6.07, 6.45) is 2.23. The van der Waals surface area contributed by atoms with Gasteiger partial charge in [-0.25, -0.2) is 4.68 Å². The Labute approximate surface area is 138 Å². The molecule has 0 fully saturated rings. The van der Waals surface area contributed by atoms with Crippen molar-refractivity contribution < 1.29 is 8.42 Å². The zero-order chi connectivity index (χ0) is 17.2. The highest BCUT2D eigenvalue weighted by atomic mass is 32.2. The molecule has 1 aromatic heterocycles. The number of hydrogen-bond acceptors (Lipinski definition) is 4. The van der Waals surface area contributed by atoms with Crippen molar-refractivity contribution in [3.8, 4) is 0 Å². The first-order chi connectivity index (χ1) is 10.8. The van der Waals surface area contributed by atoms with Crippen LogP contribution in [0.15, 0.2) is 35.5 Å². The SMILES string of the molecule is CCc1ccc(N(C(C)C)S(=O)(=O)c2cnnn2C(C)C)cc1. The fraction of sp³-hybridized carbons (Fsp3) is 0.500. The van der Waals surface area contributed by atoms with E-state index in [4.69, 9.17) is 0 Å². The number of anilines is 1. The Hall–Kier alpha value is -1.89. The number of nitrogens with zero attached hydrogens (tertiary/aromatic N) is 4. The lowest BCUT2D eigenvalue weighted by Gasteiger charge is -2.28. The Morgan fingerprint density at radius 1 is 1.13 bits per heavy atom. The van der Waals surface area contributed by atoms with E-state index in [9.17, 15) is 8.42 Å². The summed E-state index contributed by atoms with van der Waals surface area (Å²) in [6, 6.07) is 7.30. The molecule has 0 atom stereocenters. The van der Waals surface area contributed by atoms with Crippen LogP contribution >= 0.6 is 0 Å². The van der Waals surface area contributed by atoms with E-state index in [1.165, 1.54) is 20.7 Å². The van der Waals surface area contributed by atoms with Crippen LogP contribution in [0.1, 0.15) is 46.2 Å². The first-order valence-electron chi connectivity index (χ1n) is 7.82. The van der Waals surface area contributed by atoms with Gasteiger partial charge in [-0.3, -0.25) is 4.31 Å². The van der Waals surface area contributed by atoms with Gasteiger partial charge in [0.15, 0.2) is 5.03 Å². The molecule has 1 heterocycles. The number of rotatable bonds is 6. The van der Waals surface area contributed by atoms with E-state index in [2.05, 4.69) is 17.2 Å². The molecule has 0 saturated carbocycles. The lowest BCUT2D eigenvalue weighted by molar-refractivity contribution is 0.465. The van der Waals surface area contributed by atoms with Crippen LogP contribution in [0.25, 0.3) is 0 Å². The summed E-state index contributed by atoms with van der Waals surface area (Å²) < 4.78 is 29.1. The fourth-order valence-electron chi connectivity index (χ4n) is 2.47. The quantitative estimate of drug-likeness (QED) is 0.813. The number of aromatic nitrogens is 3. The monoisotopic (exact) mass is 336 g/mol. The van der Waals surface area contributed by atoms with Crippen LogP contribution in [-0.2, 0) is 16.4 Å². The van der Waals surface area contributed by atoms with Gasteiger partial charge in [-0.05, 0) is 51.8 Å². The van der Waals surface area contributed by atoms with Crippen LogP contribution in [0, 0.1) is 0 Å². The summed E-state index contributed by atoms with van der Waals surface area (Å²) in [5.41, 5.74) is 1.82. The molecule has 0 unspecified atom stereocenters. The van der Waals surface area contributed by atoms with Crippen molar-refractivity contribution in [2.45, 2.75) is 58.1 Å². The molecule has 0 radical (unpaired) electrons. The van der Waals surface area contributed by atoms with Gasteiger partial charge in [-0.2, -0.15) is 8.42 Å². The lowest BCUT2D eigenvalue weighted by atomic mass is 10.1. The van der Waals surface area contributed by atoms with Crippen LogP contribution in [0.3, 0.4) is 0 Å². The molecule has 0 aliphatic carbocycles. The maximum atomic E-state index is 13.1. The molecule has 1 aromatic carbocycles. The molecular formula is C16H24N4O2S. The molecule has 0 aliphatic heterocycles. The van der Waals surface area contributed by atoms with E-state index in [1.54, 1.807) is 0 Å². The molecule has 6 nitrogen and oxygen atoms in total. The number of sulfonamides is 1. The van der Waals surface area contributed by atoms with Gasteiger partial charge in [-0.1, -0.05) is 24.3 Å². The van der Waals surface area contributed by atoms with E-state index in [1.807, 2.05) is 52.0 Å². The van der Waals surface area contributed by atoms with Crippen LogP contribution in [0.4, 0.5) is 5.69 Å². The summed E-state index contributed by atoms with van der Waals surface area (Å²) in [5, 5.41) is 7.80. The minimum absolute atomic E-state index is 0.0845. The normalized spacial score (nSPS) is 12.1. The standard InChI is InChI=1S/C16H24N4O2S/c1-6-14-7-9-15(10-8-14)20(13(4)5)23(21,22)16-11-17-18-19(16)12(2)3/h7-13H,6H2,1-5H3. The summed E-state index contributed by atoms with van der Waals surface area (Å²) in [6.45, 7) is 9.54. The molecule has 2 rings (SSSR count). The van der Waals surface area contributed by atoms with Crippen LogP contribution in [0.5, 0.6) is 0 Å². The second kappa shape index (κ2) is 6.70. The zero-order valence-electron chi connectivity index (χ0n) is 14.3. The summed E-state index contributed by atoms with van der Waals surface area (Å²) >= 11 is 0. The molecule has 7 heteroatoms. The predicted molar refractivity (Wildman–Crippen MR) is 91.0 cm³/mol. The minimum atomic E-state index is -3.73. The first kappa shape index (κ1) is 17.5. The van der Waals surface area contributed by atoms with Crippen molar-refractivity contribution in [3.05, 3.63) is 36.0 Å². The van der Waals surface area contributed by atoms with Crippen LogP contribution in [-0.4, -0.2) is 29.5 Å². The Balaban J connectivity index is 2.53. The van der Waals surface area contributed by atoms with Gasteiger partial charge in [0.2, 0.25) is 0 Å². The Morgan fingerprint density at radius 3 is 2.22 bits per heavy atom. The third kappa shape index (κ3) is 3.39. The largest absolute Gasteiger partial charge is 0.283 e. The second-order valence-corrected chi connectivity index (χ2v) is 7.79. The van der Waals surface area contributed by atoms with Crippen molar-refractivity contribution in [3.63, 3.8) is 0 Å². The number of hydrogen-bond donors (Lipinski definition) is 0. The van der Waals surface area contributed by atoms with E-state index in [-0.39, 0.29) is 17.1 Å². The molecule has 0 spiro atoms. The molecule has 0 aliphatic rings. The van der Waals surface area contributed by atoms with Gasteiger partial charge in [-0.15, -0.1) is 5.10 Å². The maximum absolute atomic E-state index is 13.1. The Kier molecular flexibility index (Phi) is 5.09. The average molecular weight is 336 g/mol. The second-order valence-electron chi connectivity index (χ2n) is 6.03. The van der Waals surface area contributed by atoms with Gasteiger partial charge in [0.05, 0.1) is 11.9 Å². The van der Waals surface area contributed by atoms with Gasteiger partial charge in [0.1, 0.15) is 0 Å². The first-order valence-corrected chi connectivity index (χ1v) is 9.26. The van der Waals surface area contributed by atoms with E-state index >= 15 is 0 Å². The highest BCUT2D eigenvalue weighted by molar-refractivity contribution is 7.92. The molecule has 23 heavy (non-hydrogen) atoms. The van der Waals surface area contributed by atoms with E-state index in [0.717, 1.165) is 6.42 Å². The van der Waals surface area contributed by atoms with Crippen molar-refractivity contribution >= 4 is 15.7 Å². The van der Waals surface area contributed by atoms with Crippen LogP contribution < -0.4 is 4.31 Å². The summed E-state index contributed by atoms with van der Waals surface area (Å²) in [5.74, 6) is 0. The molecule has 0 amide bonds. The van der Waals surface area contributed by atoms with Crippen molar-refractivity contribution in [1.82, 2.24) is 15.0 Å². The van der Waals surface area contributed by atoms with Crippen LogP contribution in [0.2, 0.25) is 0 Å². The van der Waals surface area contributed by atoms with Gasteiger partial charge in [0.25, 0.3) is 10.0 Å². The average Bonchev–Trinajstić information content (AvgIpc) is 2.98.